The highest BCUT2D eigenvalue weighted by Gasteiger charge is 2.21. The Morgan fingerprint density at radius 2 is 1.18 bits per heavy atom. The third kappa shape index (κ3) is 8.08. The van der Waals surface area contributed by atoms with Gasteiger partial charge in [0.15, 0.2) is 0 Å². The number of nitrogens with one attached hydrogen (secondary N) is 3. The minimum Gasteiger partial charge on any atom is -0.465 e. The Morgan fingerprint density at radius 3 is 1.70 bits per heavy atom. The Bertz CT molecular complexity index is 1840. The molecule has 232 valence electrons. The lowest BCUT2D eigenvalue weighted by Crippen LogP contribution is -2.16. The average Bonchev–Trinajstić information content (AvgIpc) is 2.99. The predicted octanol–water partition coefficient (Wildman–Crippen LogP) is 6.70. The number of unbranched alkanes of at least 4 members (excludes halogenated alkanes) is 1. The summed E-state index contributed by atoms with van der Waals surface area (Å²) in [5, 5.41) is 3.26. The molecule has 0 aromatic heterocycles. The van der Waals surface area contributed by atoms with Crippen molar-refractivity contribution < 1.29 is 31.1 Å². The summed E-state index contributed by atoms with van der Waals surface area (Å²) in [5.41, 5.74) is 2.66. The van der Waals surface area contributed by atoms with Gasteiger partial charge in [0.05, 0.1) is 39.5 Å². The summed E-state index contributed by atoms with van der Waals surface area (Å²) in [6.07, 6.45) is 1.79. The van der Waals surface area contributed by atoms with Crippen molar-refractivity contribution >= 4 is 43.1 Å². The summed E-state index contributed by atoms with van der Waals surface area (Å²) >= 11 is 0. The van der Waals surface area contributed by atoms with Crippen LogP contribution in [0.4, 0.5) is 17.1 Å². The largest absolute Gasteiger partial charge is 0.465 e. The molecule has 0 aliphatic rings. The molecule has 4 rings (SSSR count). The van der Waals surface area contributed by atoms with Gasteiger partial charge in [-0.05, 0) is 74.9 Å². The van der Waals surface area contributed by atoms with Gasteiger partial charge < -0.3 is 14.8 Å². The van der Waals surface area contributed by atoms with Gasteiger partial charge >= 0.3 is 5.97 Å². The molecule has 0 bridgehead atoms. The molecule has 12 heteroatoms. The van der Waals surface area contributed by atoms with Crippen molar-refractivity contribution in [2.75, 3.05) is 28.4 Å². The van der Waals surface area contributed by atoms with Crippen molar-refractivity contribution in [3.8, 4) is 11.5 Å². The summed E-state index contributed by atoms with van der Waals surface area (Å²) in [6, 6.07) is 22.0. The van der Waals surface area contributed by atoms with Crippen LogP contribution in [0, 0.1) is 13.8 Å². The van der Waals surface area contributed by atoms with Crippen LogP contribution in [0.1, 0.15) is 41.3 Å². The molecule has 0 radical (unpaired) electrons. The topological polar surface area (TPSA) is 140 Å². The average molecular weight is 638 g/mol. The Morgan fingerprint density at radius 1 is 0.682 bits per heavy atom. The number of aryl methyl sites for hydroxylation is 2. The number of rotatable bonds is 13. The van der Waals surface area contributed by atoms with Crippen LogP contribution in [-0.4, -0.2) is 36.5 Å². The van der Waals surface area contributed by atoms with Crippen molar-refractivity contribution in [2.24, 2.45) is 0 Å². The molecule has 3 N–H and O–H groups in total. The Hall–Kier alpha value is -4.55. The molecule has 0 heterocycles. The molecule has 0 spiro atoms. The van der Waals surface area contributed by atoms with Crippen LogP contribution in [0.15, 0.2) is 94.7 Å². The molecule has 44 heavy (non-hydrogen) atoms. The number of ether oxygens (including phenoxy) is 2. The summed E-state index contributed by atoms with van der Waals surface area (Å²) < 4.78 is 68.1. The second kappa shape index (κ2) is 13.8. The molecule has 4 aromatic carbocycles. The summed E-state index contributed by atoms with van der Waals surface area (Å²) in [5.74, 6) is -0.179. The van der Waals surface area contributed by atoms with Gasteiger partial charge in [0.1, 0.15) is 11.5 Å². The van der Waals surface area contributed by atoms with E-state index >= 15 is 0 Å². The second-order valence-corrected chi connectivity index (χ2v) is 13.5. The van der Waals surface area contributed by atoms with Crippen molar-refractivity contribution in [2.45, 2.75) is 43.4 Å². The molecule has 0 unspecified atom stereocenters. The molecule has 0 fully saturated rings. The zero-order valence-electron chi connectivity index (χ0n) is 24.9. The molecule has 0 amide bonds. The van der Waals surface area contributed by atoms with Gasteiger partial charge in [-0.1, -0.05) is 48.7 Å². The Kier molecular flexibility index (Phi) is 10.2. The Labute approximate surface area is 258 Å². The zero-order valence-corrected chi connectivity index (χ0v) is 26.5. The van der Waals surface area contributed by atoms with Crippen molar-refractivity contribution in [3.63, 3.8) is 0 Å². The molecule has 0 aliphatic heterocycles. The maximum Gasteiger partial charge on any atom is 0.340 e. The van der Waals surface area contributed by atoms with E-state index in [1.807, 2.05) is 20.8 Å². The van der Waals surface area contributed by atoms with Crippen molar-refractivity contribution in [1.29, 1.82) is 0 Å². The molecular weight excluding hydrogens is 603 g/mol. The molecule has 4 aromatic rings. The van der Waals surface area contributed by atoms with Crippen molar-refractivity contribution in [3.05, 3.63) is 102 Å². The number of esters is 1. The number of hydrogen-bond acceptors (Lipinski definition) is 8. The van der Waals surface area contributed by atoms with Gasteiger partial charge in [-0.2, -0.15) is 0 Å². The number of methoxy groups -OCH3 is 1. The highest BCUT2D eigenvalue weighted by atomic mass is 32.2. The number of benzene rings is 4. The first-order valence-electron chi connectivity index (χ1n) is 13.9. The summed E-state index contributed by atoms with van der Waals surface area (Å²) in [4.78, 5) is 12.8. The van der Waals surface area contributed by atoms with Gasteiger partial charge in [-0.3, -0.25) is 9.44 Å². The number of hydrogen-bond donors (Lipinski definition) is 3. The quantitative estimate of drug-likeness (QED) is 0.109. The van der Waals surface area contributed by atoms with Crippen LogP contribution < -0.4 is 19.5 Å². The molecule has 10 nitrogen and oxygen atoms in total. The van der Waals surface area contributed by atoms with E-state index in [0.29, 0.717) is 23.7 Å². The van der Waals surface area contributed by atoms with Crippen LogP contribution >= 0.6 is 0 Å². The first-order valence-corrected chi connectivity index (χ1v) is 16.9. The highest BCUT2D eigenvalue weighted by molar-refractivity contribution is 7.93. The van der Waals surface area contributed by atoms with E-state index in [2.05, 4.69) is 14.8 Å². The van der Waals surface area contributed by atoms with E-state index < -0.39 is 26.0 Å². The van der Waals surface area contributed by atoms with E-state index in [-0.39, 0.29) is 26.8 Å². The van der Waals surface area contributed by atoms with Gasteiger partial charge in [-0.15, -0.1) is 0 Å². The van der Waals surface area contributed by atoms with Crippen LogP contribution in [0.3, 0.4) is 0 Å². The van der Waals surface area contributed by atoms with Gasteiger partial charge in [0.2, 0.25) is 0 Å². The fourth-order valence-electron chi connectivity index (χ4n) is 4.15. The van der Waals surface area contributed by atoms with E-state index in [4.69, 9.17) is 9.47 Å². The lowest BCUT2D eigenvalue weighted by Gasteiger charge is -2.17. The fourth-order valence-corrected chi connectivity index (χ4v) is 6.31. The van der Waals surface area contributed by atoms with Gasteiger partial charge in [0, 0.05) is 12.6 Å². The monoisotopic (exact) mass is 637 g/mol. The fraction of sp³-hybridized carbons (Fsp3) is 0.219. The Balaban J connectivity index is 1.62. The number of carbonyl (C=O) groups excluding carboxylic acids is 1. The molecule has 0 saturated heterocycles. The van der Waals surface area contributed by atoms with Gasteiger partial charge in [0.25, 0.3) is 20.0 Å². The molecular formula is C32H35N3O7S2. The SMILES string of the molecule is CCCCNc1cc(Oc2ccc(NS(=O)(=O)c3ccc(C)cc3)c(C(=O)OC)c2)ccc1NS(=O)(=O)c1ccc(C)cc1. The minimum atomic E-state index is -3.99. The maximum absolute atomic E-state index is 13.1. The number of sulfonamides is 2. The lowest BCUT2D eigenvalue weighted by atomic mass is 10.1. The van der Waals surface area contributed by atoms with Crippen LogP contribution in [0.2, 0.25) is 0 Å². The predicted molar refractivity (Wildman–Crippen MR) is 172 cm³/mol. The standard InChI is InChI=1S/C32H35N3O7S2/c1-5-6-19-33-31-21-25(12-18-30(31)35-44(39,40)27-15-9-23(3)10-16-27)42-24-11-17-29(28(20-24)32(36)41-4)34-43(37,38)26-13-7-22(2)8-14-26/h7-18,20-21,33-35H,5-6,19H2,1-4H3. The van der Waals surface area contributed by atoms with Crippen molar-refractivity contribution in [1.82, 2.24) is 0 Å². The highest BCUT2D eigenvalue weighted by Crippen LogP contribution is 2.34. The van der Waals surface area contributed by atoms with Crippen LogP contribution in [-0.2, 0) is 24.8 Å². The molecule has 0 aliphatic carbocycles. The minimum absolute atomic E-state index is 0.0209. The second-order valence-electron chi connectivity index (χ2n) is 10.1. The molecule has 0 saturated carbocycles. The summed E-state index contributed by atoms with van der Waals surface area (Å²) in [7, 11) is -6.65. The normalized spacial score (nSPS) is 11.5. The first-order chi connectivity index (χ1) is 20.9. The van der Waals surface area contributed by atoms with Crippen LogP contribution in [0.25, 0.3) is 0 Å². The zero-order chi connectivity index (χ0) is 31.9. The van der Waals surface area contributed by atoms with Crippen LogP contribution in [0.5, 0.6) is 11.5 Å². The number of carbonyl (C=O) groups is 1. The van der Waals surface area contributed by atoms with E-state index in [9.17, 15) is 21.6 Å². The third-order valence-electron chi connectivity index (χ3n) is 6.62. The number of anilines is 3. The van der Waals surface area contributed by atoms with E-state index in [1.165, 1.54) is 37.4 Å². The molecule has 0 atom stereocenters. The van der Waals surface area contributed by atoms with E-state index in [0.717, 1.165) is 24.0 Å². The lowest BCUT2D eigenvalue weighted by molar-refractivity contribution is 0.0601. The first kappa shape index (κ1) is 32.4. The van der Waals surface area contributed by atoms with E-state index in [1.54, 1.807) is 54.6 Å². The van der Waals surface area contributed by atoms with Gasteiger partial charge in [-0.25, -0.2) is 21.6 Å². The summed E-state index contributed by atoms with van der Waals surface area (Å²) in [6.45, 7) is 6.37. The maximum atomic E-state index is 13.1. The smallest absolute Gasteiger partial charge is 0.340 e. The third-order valence-corrected chi connectivity index (χ3v) is 9.38.